The molecule has 6 nitrogen and oxygen atoms in total. The second-order valence-electron chi connectivity index (χ2n) is 5.94. The Kier molecular flexibility index (Phi) is 10.1. The van der Waals surface area contributed by atoms with Gasteiger partial charge in [-0.15, -0.1) is 0 Å². The topological polar surface area (TPSA) is 55.4 Å². The summed E-state index contributed by atoms with van der Waals surface area (Å²) in [5.74, 6) is 9.35. The Morgan fingerprint density at radius 1 is 0.500 bits per heavy atom. The molecule has 146 valence electrons. The molecule has 26 heavy (non-hydrogen) atoms. The molecule has 0 fully saturated rings. The van der Waals surface area contributed by atoms with Crippen molar-refractivity contribution in [2.45, 2.75) is 26.6 Å². The van der Waals surface area contributed by atoms with Crippen LogP contribution >= 0.6 is 0 Å². The minimum atomic E-state index is -2.59. The Bertz CT molecular complexity index is 546. The van der Waals surface area contributed by atoms with Gasteiger partial charge < -0.3 is 26.6 Å². The highest BCUT2D eigenvalue weighted by atomic mass is 28.4. The van der Waals surface area contributed by atoms with Crippen molar-refractivity contribution in [2.75, 3.05) is 42.7 Å². The van der Waals surface area contributed by atoms with Gasteiger partial charge in [-0.2, -0.15) is 0 Å². The van der Waals surface area contributed by atoms with Crippen LogP contribution in [0.4, 0.5) is 0 Å². The van der Waals surface area contributed by atoms with Gasteiger partial charge in [0.15, 0.2) is 0 Å². The maximum absolute atomic E-state index is 5.42. The minimum Gasteiger partial charge on any atom is -0.389 e. The van der Waals surface area contributed by atoms with Gasteiger partial charge in [-0.05, 0) is 26.6 Å². The molecular weight excluding hydrogens is 384 g/mol. The summed E-state index contributed by atoms with van der Waals surface area (Å²) in [4.78, 5) is 0. The van der Waals surface area contributed by atoms with Crippen molar-refractivity contribution in [1.29, 1.82) is 0 Å². The molecule has 0 N–H and O–H groups in total. The molecule has 0 rings (SSSR count). The first-order chi connectivity index (χ1) is 12.0. The van der Waals surface area contributed by atoms with Gasteiger partial charge in [0.05, 0.1) is 0 Å². The van der Waals surface area contributed by atoms with Crippen molar-refractivity contribution in [1.82, 2.24) is 0 Å². The lowest BCUT2D eigenvalue weighted by molar-refractivity contribution is 0.266. The maximum Gasteiger partial charge on any atom is 0.420 e. The van der Waals surface area contributed by atoms with Crippen LogP contribution in [0.25, 0.3) is 0 Å². The highest BCUT2D eigenvalue weighted by Crippen LogP contribution is 2.16. The van der Waals surface area contributed by atoms with E-state index in [1.165, 1.54) is 0 Å². The summed E-state index contributed by atoms with van der Waals surface area (Å²) in [6, 6.07) is 0. The normalized spacial score (nSPS) is 12.2. The monoisotopic (exact) mass is 414 g/mol. The summed E-state index contributed by atoms with van der Waals surface area (Å²) < 4.78 is 32.5. The Labute approximate surface area is 161 Å². The molecule has 9 heteroatoms. The fourth-order valence-corrected chi connectivity index (χ4v) is 3.91. The molecule has 0 aromatic rings. The molecule has 0 heterocycles. The van der Waals surface area contributed by atoms with E-state index in [9.17, 15) is 0 Å². The average molecular weight is 415 g/mol. The molecule has 0 aliphatic rings. The Morgan fingerprint density at radius 2 is 0.692 bits per heavy atom. The van der Waals surface area contributed by atoms with Gasteiger partial charge in [0.25, 0.3) is 0 Å². The van der Waals surface area contributed by atoms with E-state index in [2.05, 4.69) is 34.4 Å². The lowest BCUT2D eigenvalue weighted by Crippen LogP contribution is -2.36. The number of hydrogen-bond acceptors (Lipinski definition) is 6. The summed E-state index contributed by atoms with van der Waals surface area (Å²) in [5.41, 5.74) is 8.32. The zero-order chi connectivity index (χ0) is 20.5. The average Bonchev–Trinajstić information content (AvgIpc) is 2.68. The first-order valence-corrected chi connectivity index (χ1v) is 14.9. The molecule has 0 aromatic carbocycles. The third-order valence-corrected chi connectivity index (χ3v) is 10.4. The van der Waals surface area contributed by atoms with Crippen LogP contribution in [0.2, 0.25) is 19.6 Å². The summed E-state index contributed by atoms with van der Waals surface area (Å²) in [6.07, 6.45) is 0. The molecule has 0 aliphatic carbocycles. The first kappa shape index (κ1) is 25.1. The molecule has 0 atom stereocenters. The van der Waals surface area contributed by atoms with E-state index in [1.54, 1.807) is 42.7 Å². The molecule has 0 unspecified atom stereocenters. The summed E-state index contributed by atoms with van der Waals surface area (Å²) in [7, 11) is 1.73. The number of hydrogen-bond donors (Lipinski definition) is 0. The summed E-state index contributed by atoms with van der Waals surface area (Å²) in [6.45, 7) is 7.40. The standard InChI is InChI=1S/C17H30O6Si3/c1-17(11-14-24(8,18-2)19-3,12-15-25(9,20-4)21-5)13-16-26(10,22-6)23-7/h1-10H3. The van der Waals surface area contributed by atoms with E-state index < -0.39 is 31.1 Å². The Hall–Kier alpha value is -0.909. The van der Waals surface area contributed by atoms with Gasteiger partial charge in [-0.25, -0.2) is 0 Å². The molecule has 0 amide bonds. The zero-order valence-corrected chi connectivity index (χ0v) is 20.4. The molecule has 0 spiro atoms. The van der Waals surface area contributed by atoms with E-state index in [1.807, 2.05) is 26.6 Å². The SMILES string of the molecule is CO[Si](C)(C#CC(C)(C#C[Si](C)(OC)OC)C#C[Si](C)(OC)OC)OC. The van der Waals surface area contributed by atoms with Gasteiger partial charge >= 0.3 is 25.7 Å². The third-order valence-electron chi connectivity index (χ3n) is 3.96. The Balaban J connectivity index is 6.20. The predicted molar refractivity (Wildman–Crippen MR) is 108 cm³/mol. The first-order valence-electron chi connectivity index (χ1n) is 7.92. The van der Waals surface area contributed by atoms with E-state index in [4.69, 9.17) is 26.6 Å². The molecule has 0 aliphatic heterocycles. The molecule has 0 saturated carbocycles. The van der Waals surface area contributed by atoms with E-state index in [0.717, 1.165) is 0 Å². The van der Waals surface area contributed by atoms with Gasteiger partial charge in [0.2, 0.25) is 0 Å². The molecule has 0 bridgehead atoms. The van der Waals surface area contributed by atoms with Crippen molar-refractivity contribution in [3.63, 3.8) is 0 Å². The van der Waals surface area contributed by atoms with Crippen LogP contribution in [0.1, 0.15) is 6.92 Å². The van der Waals surface area contributed by atoms with Crippen molar-refractivity contribution in [2.24, 2.45) is 5.41 Å². The maximum atomic E-state index is 5.42. The number of rotatable bonds is 6. The Morgan fingerprint density at radius 3 is 0.846 bits per heavy atom. The summed E-state index contributed by atoms with van der Waals surface area (Å²) >= 11 is 0. The van der Waals surface area contributed by atoms with E-state index in [-0.39, 0.29) is 0 Å². The van der Waals surface area contributed by atoms with Crippen LogP contribution in [0.15, 0.2) is 0 Å². The lowest BCUT2D eigenvalue weighted by atomic mass is 9.95. The van der Waals surface area contributed by atoms with Crippen LogP contribution < -0.4 is 0 Å². The molecular formula is C17H30O6Si3. The van der Waals surface area contributed by atoms with Gasteiger partial charge in [0.1, 0.15) is 5.41 Å². The van der Waals surface area contributed by atoms with Crippen LogP contribution in [-0.4, -0.2) is 68.3 Å². The van der Waals surface area contributed by atoms with Gasteiger partial charge in [-0.3, -0.25) is 0 Å². The van der Waals surface area contributed by atoms with Crippen molar-refractivity contribution < 1.29 is 26.6 Å². The molecule has 0 radical (unpaired) electrons. The highest BCUT2D eigenvalue weighted by molar-refractivity contribution is 6.75. The second kappa shape index (κ2) is 10.4. The fourth-order valence-electron chi connectivity index (χ4n) is 1.37. The summed E-state index contributed by atoms with van der Waals surface area (Å²) in [5, 5.41) is 0. The third kappa shape index (κ3) is 7.77. The largest absolute Gasteiger partial charge is 0.420 e. The zero-order valence-electron chi connectivity index (χ0n) is 17.4. The predicted octanol–water partition coefficient (Wildman–Crippen LogP) is 1.71. The van der Waals surface area contributed by atoms with E-state index >= 15 is 0 Å². The highest BCUT2D eigenvalue weighted by Gasteiger charge is 2.31. The van der Waals surface area contributed by atoms with Crippen LogP contribution in [0.5, 0.6) is 0 Å². The van der Waals surface area contributed by atoms with Gasteiger partial charge in [-0.1, -0.05) is 34.4 Å². The molecule has 0 saturated heterocycles. The molecule has 0 aromatic heterocycles. The fraction of sp³-hybridized carbons (Fsp3) is 0.647. The van der Waals surface area contributed by atoms with Crippen molar-refractivity contribution in [3.05, 3.63) is 0 Å². The smallest absolute Gasteiger partial charge is 0.389 e. The minimum absolute atomic E-state index is 0.942. The van der Waals surface area contributed by atoms with E-state index in [0.29, 0.717) is 0 Å². The second-order valence-corrected chi connectivity index (χ2v) is 14.8. The van der Waals surface area contributed by atoms with Crippen LogP contribution in [0.3, 0.4) is 0 Å². The van der Waals surface area contributed by atoms with Crippen LogP contribution in [0, 0.1) is 39.8 Å². The van der Waals surface area contributed by atoms with Crippen molar-refractivity contribution >= 4 is 25.7 Å². The lowest BCUT2D eigenvalue weighted by Gasteiger charge is -2.19. The quantitative estimate of drug-likeness (QED) is 0.487. The van der Waals surface area contributed by atoms with Gasteiger partial charge in [0, 0.05) is 42.7 Å². The van der Waals surface area contributed by atoms with Crippen LogP contribution in [-0.2, 0) is 26.6 Å². The van der Waals surface area contributed by atoms with Crippen molar-refractivity contribution in [3.8, 4) is 34.4 Å².